The van der Waals surface area contributed by atoms with Crippen molar-refractivity contribution in [2.24, 2.45) is 0 Å². The minimum Gasteiger partial charge on any atom is -0.490 e. The van der Waals surface area contributed by atoms with Crippen LogP contribution >= 0.6 is 23.8 Å². The van der Waals surface area contributed by atoms with Crippen molar-refractivity contribution in [1.29, 1.82) is 0 Å². The molecule has 3 rings (SSSR count). The lowest BCUT2D eigenvalue weighted by Crippen LogP contribution is -2.18. The zero-order chi connectivity index (χ0) is 21.5. The summed E-state index contributed by atoms with van der Waals surface area (Å²) in [6.45, 7) is 7.55. The summed E-state index contributed by atoms with van der Waals surface area (Å²) in [5.41, 5.74) is 6.48. The van der Waals surface area contributed by atoms with Crippen LogP contribution in [0.3, 0.4) is 0 Å². The lowest BCUT2D eigenvalue weighted by atomic mass is 10.1. The van der Waals surface area contributed by atoms with Gasteiger partial charge in [0.15, 0.2) is 17.3 Å². The minimum atomic E-state index is 0.443. The molecule has 0 radical (unpaired) electrons. The molecule has 0 amide bonds. The van der Waals surface area contributed by atoms with E-state index in [9.17, 15) is 0 Å². The number of hydrogen-bond donors (Lipinski definition) is 2. The molecule has 0 spiro atoms. The molecule has 2 aromatic carbocycles. The smallest absolute Gasteiger partial charge is 0.214 e. The summed E-state index contributed by atoms with van der Waals surface area (Å²) in [6.07, 6.45) is 1.80. The molecule has 0 saturated heterocycles. The van der Waals surface area contributed by atoms with Crippen molar-refractivity contribution >= 4 is 23.8 Å². The molecule has 6 nitrogen and oxygen atoms in total. The molecule has 0 aliphatic heterocycles. The number of aryl methyl sites for hydroxylation is 2. The minimum absolute atomic E-state index is 0.443. The Morgan fingerprint density at radius 3 is 2.57 bits per heavy atom. The van der Waals surface area contributed by atoms with E-state index < -0.39 is 0 Å². The molecule has 160 valence electrons. The van der Waals surface area contributed by atoms with Gasteiger partial charge < -0.3 is 14.9 Å². The van der Waals surface area contributed by atoms with Crippen molar-refractivity contribution < 1.29 is 9.47 Å². The van der Waals surface area contributed by atoms with Gasteiger partial charge in [-0.15, -0.1) is 0 Å². The molecule has 2 N–H and O–H groups in total. The Kier molecular flexibility index (Phi) is 7.76. The molecule has 0 saturated carbocycles. The monoisotopic (exact) mass is 446 g/mol. The van der Waals surface area contributed by atoms with Crippen LogP contribution in [0, 0.1) is 11.7 Å². The Bertz CT molecular complexity index is 1030. The van der Waals surface area contributed by atoms with Gasteiger partial charge in [-0.2, -0.15) is 5.10 Å². The molecule has 0 aliphatic carbocycles. The molecule has 8 heteroatoms. The predicted molar refractivity (Wildman–Crippen MR) is 123 cm³/mol. The summed E-state index contributed by atoms with van der Waals surface area (Å²) in [5.74, 6) is 2.15. The lowest BCUT2D eigenvalue weighted by Gasteiger charge is -2.16. The zero-order valence-corrected chi connectivity index (χ0v) is 19.1. The summed E-state index contributed by atoms with van der Waals surface area (Å²) in [7, 11) is 0. The topological polar surface area (TPSA) is 64.1 Å². The second-order valence-corrected chi connectivity index (χ2v) is 7.76. The molecule has 0 fully saturated rings. The van der Waals surface area contributed by atoms with Crippen LogP contribution in [0.2, 0.25) is 5.02 Å². The number of ether oxygens (including phenoxy) is 2. The number of H-pyrrole nitrogens is 1. The highest BCUT2D eigenvalue weighted by Gasteiger charge is 2.13. The highest BCUT2D eigenvalue weighted by Crippen LogP contribution is 2.34. The number of aromatic amines is 1. The molecular weight excluding hydrogens is 420 g/mol. The fourth-order valence-corrected chi connectivity index (χ4v) is 3.42. The highest BCUT2D eigenvalue weighted by molar-refractivity contribution is 7.71. The van der Waals surface area contributed by atoms with Gasteiger partial charge in [0, 0.05) is 17.5 Å². The first-order valence-electron chi connectivity index (χ1n) is 10.1. The Hall–Kier alpha value is -2.51. The second kappa shape index (κ2) is 10.5. The number of benzene rings is 2. The Morgan fingerprint density at radius 1 is 1.13 bits per heavy atom. The third-order valence-electron chi connectivity index (χ3n) is 4.57. The van der Waals surface area contributed by atoms with E-state index in [0.717, 1.165) is 29.8 Å². The molecule has 1 heterocycles. The Labute approximate surface area is 187 Å². The molecule has 0 bridgehead atoms. The zero-order valence-electron chi connectivity index (χ0n) is 17.5. The van der Waals surface area contributed by atoms with E-state index in [2.05, 4.69) is 53.7 Å². The van der Waals surface area contributed by atoms with Crippen LogP contribution in [0.4, 0.5) is 0 Å². The number of nitrogens with one attached hydrogen (secondary N) is 2. The van der Waals surface area contributed by atoms with Gasteiger partial charge >= 0.3 is 0 Å². The van der Waals surface area contributed by atoms with E-state index in [1.807, 2.05) is 13.0 Å². The van der Waals surface area contributed by atoms with E-state index in [1.54, 1.807) is 10.7 Å². The maximum Gasteiger partial charge on any atom is 0.214 e. The van der Waals surface area contributed by atoms with Crippen LogP contribution in [0.1, 0.15) is 42.8 Å². The number of halogens is 1. The lowest BCUT2D eigenvalue weighted by molar-refractivity contribution is 0.269. The Morgan fingerprint density at radius 2 is 1.87 bits per heavy atom. The fourth-order valence-electron chi connectivity index (χ4n) is 2.99. The summed E-state index contributed by atoms with van der Waals surface area (Å²) >= 11 is 11.9. The standard InChI is InChI=1S/C22H27ClN4O2S/c1-4-6-21-25-26-22(30)27(21)24-13-17-11-19(28-5-2)20(12-18(17)23)29-14-16-9-7-15(3)8-10-16/h7-12,24H,4-6,13-14H2,1-3H3,(H,26,30). The summed E-state index contributed by atoms with van der Waals surface area (Å²) in [6, 6.07) is 12.0. The quantitative estimate of drug-likeness (QED) is 0.398. The van der Waals surface area contributed by atoms with Crippen LogP contribution < -0.4 is 14.9 Å². The molecule has 1 aromatic heterocycles. The van der Waals surface area contributed by atoms with Crippen LogP contribution in [-0.4, -0.2) is 21.5 Å². The molecular formula is C22H27ClN4O2S. The van der Waals surface area contributed by atoms with E-state index in [4.69, 9.17) is 33.3 Å². The van der Waals surface area contributed by atoms with Crippen molar-refractivity contribution in [1.82, 2.24) is 14.9 Å². The molecule has 30 heavy (non-hydrogen) atoms. The maximum atomic E-state index is 6.55. The SMILES string of the molecule is CCCc1n[nH]c(=S)n1NCc1cc(OCC)c(OCc2ccc(C)cc2)cc1Cl. The van der Waals surface area contributed by atoms with Crippen molar-refractivity contribution in [3.8, 4) is 11.5 Å². The molecule has 3 aromatic rings. The number of hydrogen-bond acceptors (Lipinski definition) is 5. The normalized spacial score (nSPS) is 10.8. The van der Waals surface area contributed by atoms with E-state index in [-0.39, 0.29) is 0 Å². The average Bonchev–Trinajstić information content (AvgIpc) is 3.08. The van der Waals surface area contributed by atoms with Gasteiger partial charge in [-0.1, -0.05) is 48.4 Å². The summed E-state index contributed by atoms with van der Waals surface area (Å²) < 4.78 is 14.1. The third kappa shape index (κ3) is 5.55. The first-order chi connectivity index (χ1) is 14.5. The van der Waals surface area contributed by atoms with Gasteiger partial charge in [0.25, 0.3) is 0 Å². The van der Waals surface area contributed by atoms with Crippen LogP contribution in [-0.2, 0) is 19.6 Å². The number of rotatable bonds is 10. The summed E-state index contributed by atoms with van der Waals surface area (Å²) in [5, 5.41) is 7.68. The predicted octanol–water partition coefficient (Wildman–Crippen LogP) is 5.58. The van der Waals surface area contributed by atoms with E-state index >= 15 is 0 Å². The van der Waals surface area contributed by atoms with Crippen molar-refractivity contribution in [3.05, 3.63) is 68.7 Å². The van der Waals surface area contributed by atoms with Gasteiger partial charge in [-0.25, -0.2) is 4.68 Å². The first kappa shape index (κ1) is 22.2. The molecule has 0 atom stereocenters. The highest BCUT2D eigenvalue weighted by atomic mass is 35.5. The Balaban J connectivity index is 1.76. The van der Waals surface area contributed by atoms with Crippen LogP contribution in [0.15, 0.2) is 36.4 Å². The third-order valence-corrected chi connectivity index (χ3v) is 5.20. The van der Waals surface area contributed by atoms with Gasteiger partial charge in [0.05, 0.1) is 13.2 Å². The van der Waals surface area contributed by atoms with E-state index in [1.165, 1.54) is 5.56 Å². The van der Waals surface area contributed by atoms with Gasteiger partial charge in [-0.3, -0.25) is 5.10 Å². The maximum absolute atomic E-state index is 6.55. The van der Waals surface area contributed by atoms with E-state index in [0.29, 0.717) is 41.1 Å². The van der Waals surface area contributed by atoms with Gasteiger partial charge in [-0.05, 0) is 49.7 Å². The number of nitrogens with zero attached hydrogens (tertiary/aromatic N) is 2. The van der Waals surface area contributed by atoms with Crippen molar-refractivity contribution in [2.75, 3.05) is 12.0 Å². The van der Waals surface area contributed by atoms with Crippen LogP contribution in [0.25, 0.3) is 0 Å². The molecule has 0 unspecified atom stereocenters. The van der Waals surface area contributed by atoms with Crippen LogP contribution in [0.5, 0.6) is 11.5 Å². The first-order valence-corrected chi connectivity index (χ1v) is 10.8. The van der Waals surface area contributed by atoms with Crippen molar-refractivity contribution in [3.63, 3.8) is 0 Å². The van der Waals surface area contributed by atoms with Crippen molar-refractivity contribution in [2.45, 2.75) is 46.8 Å². The van der Waals surface area contributed by atoms with Gasteiger partial charge in [0.1, 0.15) is 6.61 Å². The second-order valence-electron chi connectivity index (χ2n) is 6.96. The molecule has 0 aliphatic rings. The van der Waals surface area contributed by atoms with Gasteiger partial charge in [0.2, 0.25) is 4.77 Å². The average molecular weight is 447 g/mol. The summed E-state index contributed by atoms with van der Waals surface area (Å²) in [4.78, 5) is 0. The largest absolute Gasteiger partial charge is 0.490 e. The number of aromatic nitrogens is 3. The fraction of sp³-hybridized carbons (Fsp3) is 0.364.